The minimum absolute atomic E-state index is 0.266. The Morgan fingerprint density at radius 1 is 1.20 bits per heavy atom. The molecule has 0 amide bonds. The Labute approximate surface area is 92.4 Å². The molecule has 0 fully saturated rings. The van der Waals surface area contributed by atoms with Gasteiger partial charge in [-0.2, -0.15) is 0 Å². The van der Waals surface area contributed by atoms with Crippen molar-refractivity contribution in [2.24, 2.45) is 0 Å². The van der Waals surface area contributed by atoms with Gasteiger partial charge in [-0.25, -0.2) is 0 Å². The fourth-order valence-corrected chi connectivity index (χ4v) is 1.54. The first-order chi connectivity index (χ1) is 7.00. The highest BCUT2D eigenvalue weighted by Gasteiger charge is 2.07. The summed E-state index contributed by atoms with van der Waals surface area (Å²) in [6.07, 6.45) is 0.266. The summed E-state index contributed by atoms with van der Waals surface area (Å²) in [7, 11) is 0. The van der Waals surface area contributed by atoms with Gasteiger partial charge in [0, 0.05) is 5.69 Å². The monoisotopic (exact) mass is 207 g/mol. The van der Waals surface area contributed by atoms with Crippen LogP contribution < -0.4 is 5.73 Å². The molecule has 1 aromatic rings. The van der Waals surface area contributed by atoms with Crippen molar-refractivity contribution in [3.05, 3.63) is 29.3 Å². The van der Waals surface area contributed by atoms with E-state index >= 15 is 0 Å². The lowest BCUT2D eigenvalue weighted by atomic mass is 9.97. The molecule has 0 radical (unpaired) electrons. The topological polar surface area (TPSA) is 35.2 Å². The molecule has 2 nitrogen and oxygen atoms in total. The lowest BCUT2D eigenvalue weighted by Gasteiger charge is -2.15. The van der Waals surface area contributed by atoms with Crippen LogP contribution in [0.25, 0.3) is 0 Å². The maximum Gasteiger partial charge on any atom is 0.0723 e. The number of hydrogen-bond acceptors (Lipinski definition) is 2. The third-order valence-corrected chi connectivity index (χ3v) is 2.36. The Balaban J connectivity index is 2.86. The van der Waals surface area contributed by atoms with E-state index in [0.29, 0.717) is 12.5 Å². The summed E-state index contributed by atoms with van der Waals surface area (Å²) in [6, 6.07) is 6.04. The van der Waals surface area contributed by atoms with Gasteiger partial charge in [-0.05, 0) is 43.0 Å². The summed E-state index contributed by atoms with van der Waals surface area (Å²) < 4.78 is 5.62. The smallest absolute Gasteiger partial charge is 0.0723 e. The highest BCUT2D eigenvalue weighted by Crippen LogP contribution is 2.23. The maximum atomic E-state index is 5.78. The van der Waals surface area contributed by atoms with Crippen molar-refractivity contribution in [1.82, 2.24) is 0 Å². The number of ether oxygens (including phenoxy) is 1. The first-order valence-electron chi connectivity index (χ1n) is 5.50. The highest BCUT2D eigenvalue weighted by molar-refractivity contribution is 5.45. The summed E-state index contributed by atoms with van der Waals surface area (Å²) >= 11 is 0. The molecule has 0 saturated heterocycles. The minimum Gasteiger partial charge on any atom is -0.399 e. The first-order valence-corrected chi connectivity index (χ1v) is 5.50. The van der Waals surface area contributed by atoms with Crippen LogP contribution in [0.2, 0.25) is 0 Å². The molecule has 0 aliphatic heterocycles. The minimum atomic E-state index is 0.266. The van der Waals surface area contributed by atoms with E-state index in [4.69, 9.17) is 10.5 Å². The number of rotatable bonds is 4. The van der Waals surface area contributed by atoms with Crippen molar-refractivity contribution < 1.29 is 4.74 Å². The Kier molecular flexibility index (Phi) is 4.15. The van der Waals surface area contributed by atoms with Gasteiger partial charge >= 0.3 is 0 Å². The van der Waals surface area contributed by atoms with E-state index in [-0.39, 0.29) is 6.10 Å². The number of benzene rings is 1. The van der Waals surface area contributed by atoms with E-state index in [1.807, 2.05) is 26.0 Å². The van der Waals surface area contributed by atoms with E-state index in [1.54, 1.807) is 0 Å². The molecular formula is C13H21NO. The maximum absolute atomic E-state index is 5.78. The predicted molar refractivity (Wildman–Crippen MR) is 64.9 cm³/mol. The fourth-order valence-electron chi connectivity index (χ4n) is 1.54. The summed E-state index contributed by atoms with van der Waals surface area (Å²) in [5, 5.41) is 0. The van der Waals surface area contributed by atoms with E-state index in [9.17, 15) is 0 Å². The normalized spacial score (nSPS) is 11.3. The number of nitrogen functional groups attached to an aromatic ring is 1. The fraction of sp³-hybridized carbons (Fsp3) is 0.538. The Bertz CT molecular complexity index is 318. The summed E-state index contributed by atoms with van der Waals surface area (Å²) in [5.74, 6) is 0.485. The van der Waals surface area contributed by atoms with Gasteiger partial charge in [0.2, 0.25) is 0 Å². The molecule has 2 heteroatoms. The molecule has 15 heavy (non-hydrogen) atoms. The van der Waals surface area contributed by atoms with Gasteiger partial charge in [-0.3, -0.25) is 0 Å². The van der Waals surface area contributed by atoms with E-state index in [2.05, 4.69) is 19.9 Å². The number of nitrogens with two attached hydrogens (primary N) is 1. The van der Waals surface area contributed by atoms with Gasteiger partial charge in [-0.15, -0.1) is 0 Å². The van der Waals surface area contributed by atoms with Gasteiger partial charge in [0.15, 0.2) is 0 Å². The second-order valence-corrected chi connectivity index (χ2v) is 4.47. The molecule has 84 valence electrons. The van der Waals surface area contributed by atoms with Gasteiger partial charge in [-0.1, -0.05) is 19.9 Å². The molecule has 2 N–H and O–H groups in total. The second-order valence-electron chi connectivity index (χ2n) is 4.47. The average Bonchev–Trinajstić information content (AvgIpc) is 2.15. The third kappa shape index (κ3) is 3.56. The molecule has 0 aromatic heterocycles. The third-order valence-electron chi connectivity index (χ3n) is 2.36. The molecule has 0 aliphatic carbocycles. The SMILES string of the molecule is CC(C)OCc1ccc(N)cc1C(C)C. The van der Waals surface area contributed by atoms with Crippen molar-refractivity contribution in [3.8, 4) is 0 Å². The van der Waals surface area contributed by atoms with Crippen LogP contribution in [0.5, 0.6) is 0 Å². The zero-order valence-electron chi connectivity index (χ0n) is 10.1. The van der Waals surface area contributed by atoms with Crippen LogP contribution in [0, 0.1) is 0 Å². The molecule has 0 saturated carbocycles. The van der Waals surface area contributed by atoms with Crippen molar-refractivity contribution in [1.29, 1.82) is 0 Å². The van der Waals surface area contributed by atoms with Crippen molar-refractivity contribution in [2.45, 2.75) is 46.3 Å². The van der Waals surface area contributed by atoms with Crippen molar-refractivity contribution >= 4 is 5.69 Å². The first kappa shape index (κ1) is 12.1. The van der Waals surface area contributed by atoms with E-state index in [0.717, 1.165) is 5.69 Å². The largest absolute Gasteiger partial charge is 0.399 e. The van der Waals surface area contributed by atoms with Gasteiger partial charge in [0.25, 0.3) is 0 Å². The van der Waals surface area contributed by atoms with Crippen LogP contribution in [0.4, 0.5) is 5.69 Å². The summed E-state index contributed by atoms with van der Waals surface area (Å²) in [4.78, 5) is 0. The van der Waals surface area contributed by atoms with Crippen LogP contribution >= 0.6 is 0 Å². The summed E-state index contributed by atoms with van der Waals surface area (Å²) in [5.41, 5.74) is 9.14. The molecule has 0 unspecified atom stereocenters. The number of hydrogen-bond donors (Lipinski definition) is 1. The van der Waals surface area contributed by atoms with Crippen LogP contribution in [0.1, 0.15) is 44.7 Å². The zero-order valence-corrected chi connectivity index (χ0v) is 10.1. The van der Waals surface area contributed by atoms with E-state index in [1.165, 1.54) is 11.1 Å². The molecule has 0 bridgehead atoms. The molecule has 0 spiro atoms. The zero-order chi connectivity index (χ0) is 11.4. The molecule has 1 rings (SSSR count). The Morgan fingerprint density at radius 3 is 2.40 bits per heavy atom. The Hall–Kier alpha value is -1.02. The van der Waals surface area contributed by atoms with Crippen LogP contribution in [0.3, 0.4) is 0 Å². The predicted octanol–water partition coefficient (Wildman–Crippen LogP) is 3.32. The summed E-state index contributed by atoms with van der Waals surface area (Å²) in [6.45, 7) is 9.12. The molecule has 0 heterocycles. The standard InChI is InChI=1S/C13H21NO/c1-9(2)13-7-12(14)6-5-11(13)8-15-10(3)4/h5-7,9-10H,8,14H2,1-4H3. The van der Waals surface area contributed by atoms with E-state index < -0.39 is 0 Å². The van der Waals surface area contributed by atoms with Crippen LogP contribution in [0.15, 0.2) is 18.2 Å². The average molecular weight is 207 g/mol. The quantitative estimate of drug-likeness (QED) is 0.769. The van der Waals surface area contributed by atoms with Crippen molar-refractivity contribution in [3.63, 3.8) is 0 Å². The molecule has 0 atom stereocenters. The van der Waals surface area contributed by atoms with Crippen LogP contribution in [-0.2, 0) is 11.3 Å². The second kappa shape index (κ2) is 5.17. The number of anilines is 1. The molecular weight excluding hydrogens is 186 g/mol. The Morgan fingerprint density at radius 2 is 1.87 bits per heavy atom. The lowest BCUT2D eigenvalue weighted by molar-refractivity contribution is 0.0652. The van der Waals surface area contributed by atoms with Crippen molar-refractivity contribution in [2.75, 3.05) is 5.73 Å². The van der Waals surface area contributed by atoms with Crippen LogP contribution in [-0.4, -0.2) is 6.10 Å². The molecule has 1 aromatic carbocycles. The van der Waals surface area contributed by atoms with Gasteiger partial charge in [0.05, 0.1) is 12.7 Å². The highest BCUT2D eigenvalue weighted by atomic mass is 16.5. The lowest BCUT2D eigenvalue weighted by Crippen LogP contribution is -2.05. The van der Waals surface area contributed by atoms with Gasteiger partial charge in [0.1, 0.15) is 0 Å². The van der Waals surface area contributed by atoms with Gasteiger partial charge < -0.3 is 10.5 Å². The molecule has 0 aliphatic rings.